The number of nitrogens with two attached hydrogens (primary N) is 1. The van der Waals surface area contributed by atoms with E-state index in [0.717, 1.165) is 13.0 Å². The molecule has 35 heavy (non-hydrogen) atoms. The van der Waals surface area contributed by atoms with Crippen molar-refractivity contribution < 1.29 is 18.7 Å². The third kappa shape index (κ3) is 4.11. The summed E-state index contributed by atoms with van der Waals surface area (Å²) in [6.45, 7) is 1.98. The van der Waals surface area contributed by atoms with Crippen molar-refractivity contribution in [1.82, 2.24) is 4.98 Å². The average Bonchev–Trinajstić information content (AvgIpc) is 2.76. The summed E-state index contributed by atoms with van der Waals surface area (Å²) < 4.78 is 20.2. The van der Waals surface area contributed by atoms with Crippen LogP contribution in [-0.4, -0.2) is 49.1 Å². The van der Waals surface area contributed by atoms with Crippen LogP contribution in [0.5, 0.6) is 0 Å². The summed E-state index contributed by atoms with van der Waals surface area (Å²) in [4.78, 5) is 32.8. The van der Waals surface area contributed by atoms with Crippen molar-refractivity contribution in [2.45, 2.75) is 12.0 Å². The van der Waals surface area contributed by atoms with Gasteiger partial charge in [-0.2, -0.15) is 0 Å². The Kier molecular flexibility index (Phi) is 5.91. The minimum absolute atomic E-state index is 0.0147. The third-order valence-corrected chi connectivity index (χ3v) is 7.12. The van der Waals surface area contributed by atoms with E-state index in [2.05, 4.69) is 4.98 Å². The van der Waals surface area contributed by atoms with Crippen LogP contribution in [0.1, 0.15) is 27.1 Å². The second-order valence-corrected chi connectivity index (χ2v) is 9.54. The number of carbonyl (C=O) groups is 2. The van der Waals surface area contributed by atoms with Crippen LogP contribution in [0.2, 0.25) is 10.0 Å². The average molecular weight is 515 g/mol. The van der Waals surface area contributed by atoms with Gasteiger partial charge in [-0.1, -0.05) is 29.3 Å². The number of amides is 2. The third-order valence-electron chi connectivity index (χ3n) is 6.47. The standard InChI is InChI=1S/C25H21Cl2FN4O3/c1-31(24(34)21-18(27)3-2-4-19(21)28)23-20(32-12-25(13-32)7-8-35-25)10-15(11-30-23)16-9-14(22(29)33)5-6-17(16)26/h2-6,9-11H,7-8,12-13H2,1H3,(H2,29,33). The van der Waals surface area contributed by atoms with Gasteiger partial charge in [-0.15, -0.1) is 0 Å². The number of hydrogen-bond donors (Lipinski definition) is 1. The molecule has 2 aliphatic heterocycles. The molecular weight excluding hydrogens is 494 g/mol. The highest BCUT2D eigenvalue weighted by atomic mass is 35.5. The van der Waals surface area contributed by atoms with Gasteiger partial charge in [0.15, 0.2) is 5.82 Å². The molecule has 10 heteroatoms. The first kappa shape index (κ1) is 23.5. The van der Waals surface area contributed by atoms with E-state index >= 15 is 0 Å². The molecule has 2 aliphatic rings. The lowest BCUT2D eigenvalue weighted by Crippen LogP contribution is -2.68. The number of halogens is 3. The molecule has 2 N–H and O–H groups in total. The number of carbonyl (C=O) groups excluding carboxylic acids is 2. The minimum Gasteiger partial charge on any atom is -0.371 e. The number of ether oxygens (including phenoxy) is 1. The van der Waals surface area contributed by atoms with Gasteiger partial charge < -0.3 is 15.4 Å². The van der Waals surface area contributed by atoms with E-state index in [0.29, 0.717) is 46.3 Å². The molecule has 2 aromatic carbocycles. The maximum Gasteiger partial charge on any atom is 0.263 e. The fourth-order valence-corrected chi connectivity index (χ4v) is 4.88. The van der Waals surface area contributed by atoms with Crippen LogP contribution >= 0.6 is 23.2 Å². The topological polar surface area (TPSA) is 88.8 Å². The van der Waals surface area contributed by atoms with E-state index in [4.69, 9.17) is 33.7 Å². The lowest BCUT2D eigenvalue weighted by Gasteiger charge is -2.56. The van der Waals surface area contributed by atoms with Crippen molar-refractivity contribution in [1.29, 1.82) is 0 Å². The van der Waals surface area contributed by atoms with Gasteiger partial charge in [0, 0.05) is 54.5 Å². The molecule has 1 spiro atoms. The molecule has 3 heterocycles. The van der Waals surface area contributed by atoms with E-state index in [9.17, 15) is 14.0 Å². The Bertz CT molecular complexity index is 1330. The van der Waals surface area contributed by atoms with Crippen molar-refractivity contribution in [3.63, 3.8) is 0 Å². The van der Waals surface area contributed by atoms with Crippen LogP contribution in [0.4, 0.5) is 15.9 Å². The number of nitrogens with zero attached hydrogens (tertiary/aromatic N) is 3. The predicted molar refractivity (Wildman–Crippen MR) is 133 cm³/mol. The fourth-order valence-electron chi connectivity index (χ4n) is 4.41. The summed E-state index contributed by atoms with van der Waals surface area (Å²) in [6.07, 6.45) is 2.50. The molecule has 0 unspecified atom stereocenters. The van der Waals surface area contributed by atoms with Gasteiger partial charge in [0.1, 0.15) is 11.4 Å². The molecule has 2 saturated heterocycles. The number of primary amides is 1. The number of anilines is 2. The molecule has 180 valence electrons. The van der Waals surface area contributed by atoms with Crippen LogP contribution in [0, 0.1) is 5.82 Å². The van der Waals surface area contributed by atoms with Crippen molar-refractivity contribution in [3.05, 3.63) is 75.7 Å². The Balaban J connectivity index is 1.57. The molecule has 0 saturated carbocycles. The SMILES string of the molecule is CN(C(=O)c1c(F)cccc1Cl)c1ncc(-c2cc(C(N)=O)ccc2Cl)cc1N1CC2(CCO2)C1. The number of hydrogen-bond acceptors (Lipinski definition) is 5. The van der Waals surface area contributed by atoms with Crippen molar-refractivity contribution in [2.75, 3.05) is 36.5 Å². The zero-order valence-corrected chi connectivity index (χ0v) is 20.2. The van der Waals surface area contributed by atoms with Crippen LogP contribution in [0.15, 0.2) is 48.7 Å². The minimum atomic E-state index is -0.715. The van der Waals surface area contributed by atoms with Crippen molar-refractivity contribution in [3.8, 4) is 11.1 Å². The van der Waals surface area contributed by atoms with Crippen molar-refractivity contribution >= 4 is 46.5 Å². The summed E-state index contributed by atoms with van der Waals surface area (Å²) >= 11 is 12.6. The maximum atomic E-state index is 14.5. The van der Waals surface area contributed by atoms with Gasteiger partial charge in [0.25, 0.3) is 5.91 Å². The Morgan fingerprint density at radius 1 is 1.17 bits per heavy atom. The number of pyridine rings is 1. The van der Waals surface area contributed by atoms with E-state index in [1.54, 1.807) is 24.4 Å². The predicted octanol–water partition coefficient (Wildman–Crippen LogP) is 4.55. The molecule has 0 aliphatic carbocycles. The lowest BCUT2D eigenvalue weighted by molar-refractivity contribution is -0.160. The van der Waals surface area contributed by atoms with Gasteiger partial charge in [-0.3, -0.25) is 14.5 Å². The van der Waals surface area contributed by atoms with Crippen LogP contribution in [-0.2, 0) is 4.74 Å². The zero-order chi connectivity index (χ0) is 24.9. The quantitative estimate of drug-likeness (QED) is 0.539. The molecule has 5 rings (SSSR count). The lowest BCUT2D eigenvalue weighted by atomic mass is 9.85. The van der Waals surface area contributed by atoms with E-state index in [1.807, 2.05) is 11.0 Å². The molecule has 7 nitrogen and oxygen atoms in total. The summed E-state index contributed by atoms with van der Waals surface area (Å²) in [5, 5.41) is 0.432. The van der Waals surface area contributed by atoms with E-state index < -0.39 is 17.6 Å². The summed E-state index contributed by atoms with van der Waals surface area (Å²) in [6, 6.07) is 10.7. The van der Waals surface area contributed by atoms with E-state index in [1.165, 1.54) is 30.1 Å². The molecule has 0 atom stereocenters. The summed E-state index contributed by atoms with van der Waals surface area (Å²) in [5.74, 6) is -1.59. The van der Waals surface area contributed by atoms with Crippen LogP contribution in [0.25, 0.3) is 11.1 Å². The monoisotopic (exact) mass is 514 g/mol. The van der Waals surface area contributed by atoms with Gasteiger partial charge >= 0.3 is 0 Å². The number of benzene rings is 2. The first-order valence-corrected chi connectivity index (χ1v) is 11.7. The fraction of sp³-hybridized carbons (Fsp3) is 0.240. The molecule has 1 aromatic heterocycles. The second kappa shape index (κ2) is 8.78. The summed E-state index contributed by atoms with van der Waals surface area (Å²) in [5.41, 5.74) is 7.19. The van der Waals surface area contributed by atoms with Gasteiger partial charge in [-0.25, -0.2) is 9.37 Å². The normalized spacial score (nSPS) is 15.9. The Morgan fingerprint density at radius 3 is 2.54 bits per heavy atom. The highest BCUT2D eigenvalue weighted by Gasteiger charge is 2.50. The largest absolute Gasteiger partial charge is 0.371 e. The highest BCUT2D eigenvalue weighted by molar-refractivity contribution is 6.34. The molecule has 3 aromatic rings. The maximum absolute atomic E-state index is 14.5. The van der Waals surface area contributed by atoms with Crippen LogP contribution < -0.4 is 15.5 Å². The number of rotatable bonds is 5. The van der Waals surface area contributed by atoms with E-state index in [-0.39, 0.29) is 16.2 Å². The molecule has 0 radical (unpaired) electrons. The Labute approximate surface area is 211 Å². The molecule has 2 fully saturated rings. The molecular formula is C25H21Cl2FN4O3. The first-order valence-electron chi connectivity index (χ1n) is 10.9. The zero-order valence-electron chi connectivity index (χ0n) is 18.7. The first-order chi connectivity index (χ1) is 16.7. The smallest absolute Gasteiger partial charge is 0.263 e. The van der Waals surface area contributed by atoms with Gasteiger partial charge in [0.2, 0.25) is 5.91 Å². The Hall–Kier alpha value is -3.20. The Morgan fingerprint density at radius 2 is 1.91 bits per heavy atom. The highest BCUT2D eigenvalue weighted by Crippen LogP contribution is 2.43. The molecule has 0 bridgehead atoms. The number of aromatic nitrogens is 1. The summed E-state index contributed by atoms with van der Waals surface area (Å²) in [7, 11) is 1.52. The molecule has 2 amide bonds. The van der Waals surface area contributed by atoms with Crippen molar-refractivity contribution in [2.24, 2.45) is 5.73 Å². The second-order valence-electron chi connectivity index (χ2n) is 8.72. The van der Waals surface area contributed by atoms with Gasteiger partial charge in [0.05, 0.1) is 22.9 Å². The van der Waals surface area contributed by atoms with Crippen LogP contribution in [0.3, 0.4) is 0 Å². The van der Waals surface area contributed by atoms with Gasteiger partial charge in [-0.05, 0) is 36.4 Å².